The van der Waals surface area contributed by atoms with Crippen molar-refractivity contribution in [2.75, 3.05) is 25.1 Å². The molecule has 3 aromatic rings. The fourth-order valence-corrected chi connectivity index (χ4v) is 6.11. The number of hydrogen-bond acceptors (Lipinski definition) is 11. The van der Waals surface area contributed by atoms with Crippen molar-refractivity contribution in [3.63, 3.8) is 0 Å². The van der Waals surface area contributed by atoms with Crippen molar-refractivity contribution in [3.8, 4) is 17.7 Å². The Labute approximate surface area is 255 Å². The molecule has 0 spiro atoms. The average Bonchev–Trinajstić information content (AvgIpc) is 3.05. The van der Waals surface area contributed by atoms with Crippen molar-refractivity contribution < 1.29 is 28.6 Å². The largest absolute Gasteiger partial charge is 0.480 e. The molecular weight excluding hydrogens is 564 g/mol. The summed E-state index contributed by atoms with van der Waals surface area (Å²) < 4.78 is 17.9. The number of rotatable bonds is 11. The van der Waals surface area contributed by atoms with Gasteiger partial charge in [-0.05, 0) is 68.7 Å². The van der Waals surface area contributed by atoms with Crippen LogP contribution in [0.3, 0.4) is 0 Å². The minimum absolute atomic E-state index is 0.0226. The lowest BCUT2D eigenvalue weighted by Crippen LogP contribution is -2.61. The highest BCUT2D eigenvalue weighted by molar-refractivity contribution is 5.94. The standard InChI is InChI=1S/C31H36N6O4.CO2/c1-2-3-4-15-39-27-8-6-24-28(37-27)23(21(16-32)17-33-24)9-10-31-13-11-30(12-14-31,20-41-31)34-18-22-5-7-25-29(35-22)36-26(38)19-40-25;2-1-3/h5-8,17,34H,2-4,9-15,18-20H2,1H3,(H,35,36,38);. The molecule has 2 saturated heterocycles. The predicted molar refractivity (Wildman–Crippen MR) is 158 cm³/mol. The Kier molecular flexibility index (Phi) is 9.80. The predicted octanol–water partition coefficient (Wildman–Crippen LogP) is 4.02. The van der Waals surface area contributed by atoms with Crippen LogP contribution in [0.5, 0.6) is 11.6 Å². The lowest BCUT2D eigenvalue weighted by molar-refractivity contribution is -0.191. The fourth-order valence-electron chi connectivity index (χ4n) is 6.11. The Hall–Kier alpha value is -4.43. The number of nitrogens with zero attached hydrogens (tertiary/aromatic N) is 4. The van der Waals surface area contributed by atoms with Crippen LogP contribution >= 0.6 is 0 Å². The van der Waals surface area contributed by atoms with Crippen LogP contribution < -0.4 is 20.1 Å². The van der Waals surface area contributed by atoms with Crippen LogP contribution in [0.1, 0.15) is 75.1 Å². The minimum atomic E-state index is -0.203. The molecule has 12 heteroatoms. The number of carbonyl (C=O) groups is 1. The molecule has 0 unspecified atom stereocenters. The van der Waals surface area contributed by atoms with Gasteiger partial charge in [0.1, 0.15) is 6.07 Å². The molecule has 1 aliphatic carbocycles. The van der Waals surface area contributed by atoms with E-state index in [1.54, 1.807) is 6.20 Å². The molecule has 3 fully saturated rings. The van der Waals surface area contributed by atoms with Crippen LogP contribution in [0.25, 0.3) is 11.0 Å². The Morgan fingerprint density at radius 3 is 2.66 bits per heavy atom. The zero-order chi connectivity index (χ0) is 31.0. The Morgan fingerprint density at radius 2 is 1.93 bits per heavy atom. The van der Waals surface area contributed by atoms with E-state index < -0.39 is 0 Å². The van der Waals surface area contributed by atoms with Crippen LogP contribution in [0, 0.1) is 11.3 Å². The van der Waals surface area contributed by atoms with Crippen molar-refractivity contribution in [3.05, 3.63) is 47.3 Å². The summed E-state index contributed by atoms with van der Waals surface area (Å²) in [4.78, 5) is 41.7. The van der Waals surface area contributed by atoms with Crippen LogP contribution in [0.15, 0.2) is 30.5 Å². The molecule has 2 N–H and O–H groups in total. The number of anilines is 1. The summed E-state index contributed by atoms with van der Waals surface area (Å²) in [7, 11) is 0. The number of nitriles is 1. The SMILES string of the molecule is CCCCCOc1ccc2ncc(C#N)c(CCC34CCC(NCc5ccc6c(n5)NC(=O)CO6)(CC3)CO4)c2n1.O=C=O. The summed E-state index contributed by atoms with van der Waals surface area (Å²) >= 11 is 0. The van der Waals surface area contributed by atoms with Gasteiger partial charge in [0.15, 0.2) is 18.2 Å². The van der Waals surface area contributed by atoms with Crippen molar-refractivity contribution in [1.29, 1.82) is 5.26 Å². The second kappa shape index (κ2) is 13.9. The van der Waals surface area contributed by atoms with Gasteiger partial charge in [0.2, 0.25) is 5.88 Å². The van der Waals surface area contributed by atoms with E-state index in [0.717, 1.165) is 73.7 Å². The van der Waals surface area contributed by atoms with E-state index in [9.17, 15) is 10.1 Å². The van der Waals surface area contributed by atoms with Gasteiger partial charge in [0.25, 0.3) is 5.91 Å². The van der Waals surface area contributed by atoms with Gasteiger partial charge < -0.3 is 24.8 Å². The molecule has 44 heavy (non-hydrogen) atoms. The monoisotopic (exact) mass is 600 g/mol. The summed E-state index contributed by atoms with van der Waals surface area (Å²) in [6, 6.07) is 9.89. The van der Waals surface area contributed by atoms with E-state index in [1.807, 2.05) is 24.3 Å². The van der Waals surface area contributed by atoms with Gasteiger partial charge in [-0.2, -0.15) is 14.9 Å². The zero-order valence-corrected chi connectivity index (χ0v) is 24.8. The van der Waals surface area contributed by atoms with Crippen molar-refractivity contribution in [2.45, 2.75) is 82.4 Å². The molecule has 1 saturated carbocycles. The number of hydrogen-bond donors (Lipinski definition) is 2. The number of amides is 1. The average molecular weight is 601 g/mol. The molecule has 7 rings (SSSR count). The molecule has 3 aliphatic heterocycles. The van der Waals surface area contributed by atoms with Gasteiger partial charge in [0.05, 0.1) is 41.1 Å². The van der Waals surface area contributed by atoms with Gasteiger partial charge in [-0.25, -0.2) is 9.97 Å². The summed E-state index contributed by atoms with van der Waals surface area (Å²) in [5, 5.41) is 16.3. The lowest BCUT2D eigenvalue weighted by atomic mass is 9.69. The Bertz CT molecular complexity index is 1560. The quantitative estimate of drug-likeness (QED) is 0.305. The number of aromatic nitrogens is 3. The van der Waals surface area contributed by atoms with Crippen LogP contribution in [0.2, 0.25) is 0 Å². The summed E-state index contributed by atoms with van der Waals surface area (Å²) in [6.45, 7) is 4.04. The fraction of sp³-hybridized carbons (Fsp3) is 0.500. The molecule has 6 heterocycles. The van der Waals surface area contributed by atoms with Gasteiger partial charge in [0, 0.05) is 24.3 Å². The maximum atomic E-state index is 11.7. The molecular formula is C32H36N6O6. The highest BCUT2D eigenvalue weighted by Gasteiger charge is 2.49. The first kappa shape index (κ1) is 31.0. The number of nitrogens with one attached hydrogen (secondary N) is 2. The molecule has 4 aliphatic rings. The Morgan fingerprint density at radius 1 is 1.11 bits per heavy atom. The first-order valence-corrected chi connectivity index (χ1v) is 15.0. The normalized spacial score (nSPS) is 21.6. The third-order valence-electron chi connectivity index (χ3n) is 8.69. The molecule has 1 amide bonds. The first-order valence-electron chi connectivity index (χ1n) is 15.0. The summed E-state index contributed by atoms with van der Waals surface area (Å²) in [5.74, 6) is 1.47. The van der Waals surface area contributed by atoms with Crippen molar-refractivity contribution >= 4 is 28.9 Å². The number of ether oxygens (including phenoxy) is 3. The molecule has 2 bridgehead atoms. The van der Waals surface area contributed by atoms with Gasteiger partial charge >= 0.3 is 6.15 Å². The second-order valence-corrected chi connectivity index (χ2v) is 11.5. The van der Waals surface area contributed by atoms with E-state index in [2.05, 4.69) is 33.6 Å². The summed E-state index contributed by atoms with van der Waals surface area (Å²) in [6.07, 6.45) is 10.6. The van der Waals surface area contributed by atoms with Crippen LogP contribution in [-0.4, -0.2) is 58.0 Å². The van der Waals surface area contributed by atoms with E-state index in [-0.39, 0.29) is 29.8 Å². The number of carbonyl (C=O) groups excluding carboxylic acids is 3. The molecule has 0 radical (unpaired) electrons. The maximum Gasteiger partial charge on any atom is 0.373 e. The molecule has 0 atom stereocenters. The maximum absolute atomic E-state index is 11.7. The highest BCUT2D eigenvalue weighted by Crippen LogP contribution is 2.46. The molecule has 0 aromatic carbocycles. The first-order chi connectivity index (χ1) is 21.4. The lowest BCUT2D eigenvalue weighted by Gasteiger charge is -2.53. The van der Waals surface area contributed by atoms with Gasteiger partial charge in [-0.3, -0.25) is 9.78 Å². The van der Waals surface area contributed by atoms with E-state index in [4.69, 9.17) is 28.8 Å². The third-order valence-corrected chi connectivity index (χ3v) is 8.69. The molecule has 12 nitrogen and oxygen atoms in total. The smallest absolute Gasteiger partial charge is 0.373 e. The highest BCUT2D eigenvalue weighted by atomic mass is 16.5. The zero-order valence-electron chi connectivity index (χ0n) is 24.8. The molecule has 230 valence electrons. The molecule has 3 aromatic heterocycles. The van der Waals surface area contributed by atoms with Gasteiger partial charge in [-0.1, -0.05) is 19.8 Å². The Balaban J connectivity index is 0.00000123. The number of unbranched alkanes of at least 4 members (excludes halogenated alkanes) is 2. The van der Waals surface area contributed by atoms with E-state index in [1.165, 1.54) is 0 Å². The van der Waals surface area contributed by atoms with Gasteiger partial charge in [-0.15, -0.1) is 0 Å². The topological polar surface area (TPSA) is 165 Å². The minimum Gasteiger partial charge on any atom is -0.480 e. The van der Waals surface area contributed by atoms with E-state index >= 15 is 0 Å². The second-order valence-electron chi connectivity index (χ2n) is 11.5. The van der Waals surface area contributed by atoms with Crippen molar-refractivity contribution in [1.82, 2.24) is 20.3 Å². The number of pyridine rings is 3. The van der Waals surface area contributed by atoms with Crippen LogP contribution in [-0.2, 0) is 32.1 Å². The summed E-state index contributed by atoms with van der Waals surface area (Å²) in [5.41, 5.74) is 3.56. The van der Waals surface area contributed by atoms with Crippen molar-refractivity contribution in [2.24, 2.45) is 0 Å². The number of aryl methyl sites for hydroxylation is 1. The number of fused-ring (bicyclic) bond motifs is 5. The third kappa shape index (κ3) is 7.03. The van der Waals surface area contributed by atoms with E-state index in [0.29, 0.717) is 49.2 Å². The van der Waals surface area contributed by atoms with Crippen LogP contribution in [0.4, 0.5) is 5.82 Å².